The van der Waals surface area contributed by atoms with Gasteiger partial charge in [-0.05, 0) is 31.1 Å². The zero-order chi connectivity index (χ0) is 13.8. The van der Waals surface area contributed by atoms with Gasteiger partial charge in [-0.1, -0.05) is 30.6 Å². The Bertz CT molecular complexity index is 570. The molecule has 0 spiro atoms. The van der Waals surface area contributed by atoms with Crippen LogP contribution >= 0.6 is 0 Å². The summed E-state index contributed by atoms with van der Waals surface area (Å²) in [7, 11) is 0. The van der Waals surface area contributed by atoms with Gasteiger partial charge >= 0.3 is 0 Å². The molecular weight excluding hydrogens is 238 g/mol. The molecule has 0 saturated carbocycles. The molecule has 96 valence electrons. The molecule has 1 aliphatic heterocycles. The van der Waals surface area contributed by atoms with Gasteiger partial charge in [-0.3, -0.25) is 14.5 Å². The number of hydrogen-bond acceptors (Lipinski definition) is 2. The topological polar surface area (TPSA) is 37.4 Å². The lowest BCUT2D eigenvalue weighted by Crippen LogP contribution is -2.30. The number of amides is 2. The molecule has 1 aromatic carbocycles. The van der Waals surface area contributed by atoms with Crippen LogP contribution in [0, 0.1) is 11.8 Å². The first kappa shape index (κ1) is 13.1. The van der Waals surface area contributed by atoms with Crippen molar-refractivity contribution in [1.29, 1.82) is 0 Å². The summed E-state index contributed by atoms with van der Waals surface area (Å²) in [4.78, 5) is 25.4. The molecule has 3 heteroatoms. The van der Waals surface area contributed by atoms with Crippen molar-refractivity contribution in [1.82, 2.24) is 4.90 Å². The monoisotopic (exact) mass is 253 g/mol. The highest BCUT2D eigenvalue weighted by Crippen LogP contribution is 2.22. The molecule has 2 amide bonds. The Morgan fingerprint density at radius 2 is 1.79 bits per heavy atom. The van der Waals surface area contributed by atoms with E-state index in [1.54, 1.807) is 24.3 Å². The van der Waals surface area contributed by atoms with E-state index in [1.165, 1.54) is 4.90 Å². The van der Waals surface area contributed by atoms with E-state index in [0.717, 1.165) is 5.57 Å². The lowest BCUT2D eigenvalue weighted by atomic mass is 10.1. The van der Waals surface area contributed by atoms with E-state index in [0.29, 0.717) is 30.5 Å². The minimum absolute atomic E-state index is 0.200. The molecular formula is C16H15NO2. The lowest BCUT2D eigenvalue weighted by Gasteiger charge is -2.12. The second kappa shape index (κ2) is 5.53. The Hall–Kier alpha value is -2.34. The van der Waals surface area contributed by atoms with Gasteiger partial charge in [-0.2, -0.15) is 0 Å². The third-order valence-corrected chi connectivity index (χ3v) is 2.86. The maximum Gasteiger partial charge on any atom is 0.261 e. The Morgan fingerprint density at radius 3 is 2.32 bits per heavy atom. The van der Waals surface area contributed by atoms with E-state index in [4.69, 9.17) is 0 Å². The van der Waals surface area contributed by atoms with E-state index in [1.807, 2.05) is 6.92 Å². The number of nitrogens with zero attached hydrogens (tertiary/aromatic N) is 1. The second-order valence-electron chi connectivity index (χ2n) is 4.49. The number of benzene rings is 1. The van der Waals surface area contributed by atoms with Crippen LogP contribution in [0.2, 0.25) is 0 Å². The summed E-state index contributed by atoms with van der Waals surface area (Å²) >= 11 is 0. The fraction of sp³-hybridized carbons (Fsp3) is 0.250. The fourth-order valence-corrected chi connectivity index (χ4v) is 1.98. The van der Waals surface area contributed by atoms with E-state index >= 15 is 0 Å². The van der Waals surface area contributed by atoms with Gasteiger partial charge < -0.3 is 0 Å². The molecule has 0 atom stereocenters. The quantitative estimate of drug-likeness (QED) is 0.472. The van der Waals surface area contributed by atoms with Crippen molar-refractivity contribution < 1.29 is 9.59 Å². The lowest BCUT2D eigenvalue weighted by molar-refractivity contribution is 0.0653. The summed E-state index contributed by atoms with van der Waals surface area (Å²) in [5, 5.41) is 0. The van der Waals surface area contributed by atoms with Crippen molar-refractivity contribution in [3.8, 4) is 11.8 Å². The van der Waals surface area contributed by atoms with Crippen LogP contribution < -0.4 is 0 Å². The molecule has 0 aliphatic carbocycles. The van der Waals surface area contributed by atoms with Crippen molar-refractivity contribution in [2.45, 2.75) is 19.8 Å². The van der Waals surface area contributed by atoms with Crippen LogP contribution in [0.3, 0.4) is 0 Å². The average molecular weight is 253 g/mol. The van der Waals surface area contributed by atoms with Crippen molar-refractivity contribution in [3.05, 3.63) is 47.5 Å². The van der Waals surface area contributed by atoms with Gasteiger partial charge in [-0.15, -0.1) is 0 Å². The predicted molar refractivity (Wildman–Crippen MR) is 73.6 cm³/mol. The van der Waals surface area contributed by atoms with Crippen LogP contribution in [0.4, 0.5) is 0 Å². The predicted octanol–water partition coefficient (Wildman–Crippen LogP) is 2.64. The Kier molecular flexibility index (Phi) is 3.82. The number of carbonyl (C=O) groups is 2. The van der Waals surface area contributed by atoms with Gasteiger partial charge in [0.2, 0.25) is 0 Å². The number of rotatable bonds is 3. The number of hydrogen-bond donors (Lipinski definition) is 0. The van der Waals surface area contributed by atoms with Crippen LogP contribution in [0.15, 0.2) is 36.4 Å². The molecule has 0 fully saturated rings. The van der Waals surface area contributed by atoms with Crippen molar-refractivity contribution in [2.24, 2.45) is 0 Å². The van der Waals surface area contributed by atoms with Crippen molar-refractivity contribution in [3.63, 3.8) is 0 Å². The molecule has 0 radical (unpaired) electrons. The maximum absolute atomic E-state index is 12.0. The van der Waals surface area contributed by atoms with Crippen molar-refractivity contribution >= 4 is 11.8 Å². The molecule has 0 saturated heterocycles. The van der Waals surface area contributed by atoms with Gasteiger partial charge in [0.15, 0.2) is 0 Å². The van der Waals surface area contributed by atoms with Gasteiger partial charge in [-0.25, -0.2) is 0 Å². The minimum atomic E-state index is -0.200. The number of fused-ring (bicyclic) bond motifs is 1. The first-order chi connectivity index (χ1) is 9.11. The standard InChI is InChI=1S/C16H15NO2/c1-12(2)8-4-3-7-11-17-15(18)13-9-5-6-10-14(13)16(17)19/h5-6,9-10H,1,3,7,11H2,2H3. The molecule has 3 nitrogen and oxygen atoms in total. The Balaban J connectivity index is 1.98. The summed E-state index contributed by atoms with van der Waals surface area (Å²) in [6.07, 6.45) is 1.34. The normalized spacial score (nSPS) is 13.0. The minimum Gasteiger partial charge on any atom is -0.274 e. The number of allylic oxidation sites excluding steroid dienone is 1. The molecule has 0 aromatic heterocycles. The number of imide groups is 1. The van der Waals surface area contributed by atoms with Crippen LogP contribution in [0.5, 0.6) is 0 Å². The van der Waals surface area contributed by atoms with E-state index in [9.17, 15) is 9.59 Å². The Morgan fingerprint density at radius 1 is 1.21 bits per heavy atom. The van der Waals surface area contributed by atoms with Crippen LogP contribution in [0.1, 0.15) is 40.5 Å². The first-order valence-electron chi connectivity index (χ1n) is 6.21. The third kappa shape index (κ3) is 2.74. The summed E-state index contributed by atoms with van der Waals surface area (Å²) in [6, 6.07) is 6.92. The van der Waals surface area contributed by atoms with Crippen LogP contribution in [-0.2, 0) is 0 Å². The van der Waals surface area contributed by atoms with Crippen molar-refractivity contribution in [2.75, 3.05) is 6.54 Å². The SMILES string of the molecule is C=C(C)C#CCCCN1C(=O)c2ccccc2C1=O. The average Bonchev–Trinajstić information content (AvgIpc) is 2.63. The summed E-state index contributed by atoms with van der Waals surface area (Å²) in [6.45, 7) is 5.95. The van der Waals surface area contributed by atoms with Gasteiger partial charge in [0.1, 0.15) is 0 Å². The molecule has 1 aromatic rings. The molecule has 0 N–H and O–H groups in total. The second-order valence-corrected chi connectivity index (χ2v) is 4.49. The highest BCUT2D eigenvalue weighted by Gasteiger charge is 2.34. The first-order valence-corrected chi connectivity index (χ1v) is 6.21. The van der Waals surface area contributed by atoms with Gasteiger partial charge in [0.25, 0.3) is 11.8 Å². The number of carbonyl (C=O) groups excluding carboxylic acids is 2. The highest BCUT2D eigenvalue weighted by atomic mass is 16.2. The molecule has 1 aliphatic rings. The molecule has 19 heavy (non-hydrogen) atoms. The molecule has 0 bridgehead atoms. The van der Waals surface area contributed by atoms with E-state index in [2.05, 4.69) is 18.4 Å². The maximum atomic E-state index is 12.0. The third-order valence-electron chi connectivity index (χ3n) is 2.86. The van der Waals surface area contributed by atoms with E-state index in [-0.39, 0.29) is 11.8 Å². The van der Waals surface area contributed by atoms with Gasteiger partial charge in [0, 0.05) is 13.0 Å². The summed E-state index contributed by atoms with van der Waals surface area (Å²) in [5.41, 5.74) is 1.82. The van der Waals surface area contributed by atoms with Crippen LogP contribution in [-0.4, -0.2) is 23.3 Å². The molecule has 2 rings (SSSR count). The Labute approximate surface area is 112 Å². The largest absolute Gasteiger partial charge is 0.274 e. The summed E-state index contributed by atoms with van der Waals surface area (Å²) < 4.78 is 0. The number of unbranched alkanes of at least 4 members (excludes halogenated alkanes) is 1. The highest BCUT2D eigenvalue weighted by molar-refractivity contribution is 6.21. The van der Waals surface area contributed by atoms with Gasteiger partial charge in [0.05, 0.1) is 11.1 Å². The molecule has 1 heterocycles. The zero-order valence-electron chi connectivity index (χ0n) is 10.9. The van der Waals surface area contributed by atoms with Crippen LogP contribution in [0.25, 0.3) is 0 Å². The summed E-state index contributed by atoms with van der Waals surface area (Å²) in [5.74, 6) is 5.44. The zero-order valence-corrected chi connectivity index (χ0v) is 10.9. The molecule has 0 unspecified atom stereocenters. The fourth-order valence-electron chi connectivity index (χ4n) is 1.98. The smallest absolute Gasteiger partial charge is 0.261 e. The van der Waals surface area contributed by atoms with E-state index < -0.39 is 0 Å².